The number of rotatable bonds is 2. The summed E-state index contributed by atoms with van der Waals surface area (Å²) in [7, 11) is -0.589. The summed E-state index contributed by atoms with van der Waals surface area (Å²) in [5.74, 6) is 0. The second-order valence-corrected chi connectivity index (χ2v) is 6.23. The SMILES string of the molecule is CC1(C)OB(c2ccnc3c2ccn3C(F)F)OC1(C)C. The van der Waals surface area contributed by atoms with Crippen LogP contribution in [0.4, 0.5) is 8.78 Å². The molecule has 3 rings (SSSR count). The molecule has 0 unspecified atom stereocenters. The summed E-state index contributed by atoms with van der Waals surface area (Å²) in [4.78, 5) is 4.04. The molecule has 0 saturated carbocycles. The minimum atomic E-state index is -2.62. The highest BCUT2D eigenvalue weighted by molar-refractivity contribution is 6.65. The number of hydrogen-bond acceptors (Lipinski definition) is 3. The van der Waals surface area contributed by atoms with Gasteiger partial charge in [-0.3, -0.25) is 4.57 Å². The number of alkyl halides is 2. The van der Waals surface area contributed by atoms with Gasteiger partial charge in [-0.1, -0.05) is 0 Å². The van der Waals surface area contributed by atoms with Crippen LogP contribution in [0.2, 0.25) is 0 Å². The first-order valence-corrected chi connectivity index (χ1v) is 6.82. The van der Waals surface area contributed by atoms with Crippen molar-refractivity contribution >= 4 is 23.6 Å². The maximum Gasteiger partial charge on any atom is 0.495 e. The third-order valence-electron chi connectivity index (χ3n) is 4.37. The molecule has 0 radical (unpaired) electrons. The Balaban J connectivity index is 2.07. The normalized spacial score (nSPS) is 20.6. The van der Waals surface area contributed by atoms with Crippen molar-refractivity contribution < 1.29 is 18.1 Å². The van der Waals surface area contributed by atoms with E-state index in [0.29, 0.717) is 5.39 Å². The van der Waals surface area contributed by atoms with Gasteiger partial charge in [0, 0.05) is 17.8 Å². The Hall–Kier alpha value is -1.47. The Bertz CT molecular complexity index is 669. The smallest absolute Gasteiger partial charge is 0.399 e. The van der Waals surface area contributed by atoms with E-state index in [1.165, 1.54) is 12.4 Å². The standard InChI is InChI=1S/C14H17BF2N2O2/c1-13(2)14(3,4)21-15(20-13)10-5-7-18-11-9(10)6-8-19(11)12(16)17/h5-8,12H,1-4H3. The summed E-state index contributed by atoms with van der Waals surface area (Å²) in [5.41, 5.74) is 0.00661. The summed E-state index contributed by atoms with van der Waals surface area (Å²) in [5, 5.41) is 0.622. The van der Waals surface area contributed by atoms with Crippen molar-refractivity contribution in [2.75, 3.05) is 0 Å². The molecule has 4 nitrogen and oxygen atoms in total. The summed E-state index contributed by atoms with van der Waals surface area (Å²) in [6.07, 6.45) is 2.83. The molecule has 3 heterocycles. The third-order valence-corrected chi connectivity index (χ3v) is 4.37. The van der Waals surface area contributed by atoms with Gasteiger partial charge in [0.25, 0.3) is 0 Å². The van der Waals surface area contributed by atoms with Crippen molar-refractivity contribution in [2.24, 2.45) is 0 Å². The molecule has 1 aliphatic heterocycles. The molecule has 1 saturated heterocycles. The fourth-order valence-electron chi connectivity index (χ4n) is 2.41. The lowest BCUT2D eigenvalue weighted by molar-refractivity contribution is 0.00578. The van der Waals surface area contributed by atoms with Crippen LogP contribution in [0.25, 0.3) is 11.0 Å². The lowest BCUT2D eigenvalue weighted by atomic mass is 9.78. The molecule has 21 heavy (non-hydrogen) atoms. The molecular formula is C14H17BF2N2O2. The second kappa shape index (κ2) is 4.51. The monoisotopic (exact) mass is 294 g/mol. The Labute approximate surface area is 122 Å². The molecule has 0 bridgehead atoms. The van der Waals surface area contributed by atoms with Gasteiger partial charge in [-0.15, -0.1) is 0 Å². The Morgan fingerprint density at radius 2 is 1.76 bits per heavy atom. The average Bonchev–Trinajstić information content (AvgIpc) is 2.88. The highest BCUT2D eigenvalue weighted by Crippen LogP contribution is 2.37. The van der Waals surface area contributed by atoms with Gasteiger partial charge in [-0.2, -0.15) is 8.78 Å². The minimum Gasteiger partial charge on any atom is -0.399 e. The molecule has 1 aliphatic rings. The maximum atomic E-state index is 12.9. The van der Waals surface area contributed by atoms with Crippen molar-refractivity contribution in [3.63, 3.8) is 0 Å². The molecule has 112 valence electrons. The average molecular weight is 294 g/mol. The van der Waals surface area contributed by atoms with Gasteiger partial charge in [0.1, 0.15) is 5.65 Å². The Morgan fingerprint density at radius 3 is 2.33 bits per heavy atom. The molecule has 0 spiro atoms. The van der Waals surface area contributed by atoms with Crippen LogP contribution in [0.5, 0.6) is 0 Å². The quantitative estimate of drug-likeness (QED) is 0.799. The zero-order chi connectivity index (χ0) is 15.4. The van der Waals surface area contributed by atoms with E-state index >= 15 is 0 Å². The van der Waals surface area contributed by atoms with Crippen molar-refractivity contribution in [1.29, 1.82) is 0 Å². The van der Waals surface area contributed by atoms with Crippen molar-refractivity contribution in [3.8, 4) is 0 Å². The predicted octanol–water partition coefficient (Wildman–Crippen LogP) is 2.73. The largest absolute Gasteiger partial charge is 0.495 e. The van der Waals surface area contributed by atoms with E-state index in [2.05, 4.69) is 4.98 Å². The number of halogens is 2. The zero-order valence-corrected chi connectivity index (χ0v) is 12.4. The van der Waals surface area contributed by atoms with E-state index in [9.17, 15) is 8.78 Å². The third kappa shape index (κ3) is 2.15. The lowest BCUT2D eigenvalue weighted by Crippen LogP contribution is -2.41. The van der Waals surface area contributed by atoms with Crippen LogP contribution < -0.4 is 5.46 Å². The van der Waals surface area contributed by atoms with E-state index < -0.39 is 24.9 Å². The van der Waals surface area contributed by atoms with E-state index in [0.717, 1.165) is 10.0 Å². The molecule has 0 amide bonds. The summed E-state index contributed by atoms with van der Waals surface area (Å²) in [6, 6.07) is 3.37. The van der Waals surface area contributed by atoms with Gasteiger partial charge in [0.2, 0.25) is 0 Å². The molecule has 0 atom stereocenters. The van der Waals surface area contributed by atoms with Gasteiger partial charge >= 0.3 is 13.7 Å². The number of nitrogens with zero attached hydrogens (tertiary/aromatic N) is 2. The van der Waals surface area contributed by atoms with Crippen molar-refractivity contribution in [1.82, 2.24) is 9.55 Å². The molecule has 0 N–H and O–H groups in total. The Morgan fingerprint density at radius 1 is 1.14 bits per heavy atom. The number of aromatic nitrogens is 2. The van der Waals surface area contributed by atoms with E-state index in [1.54, 1.807) is 12.1 Å². The van der Waals surface area contributed by atoms with Crippen LogP contribution in [0, 0.1) is 0 Å². The van der Waals surface area contributed by atoms with Gasteiger partial charge in [0.15, 0.2) is 0 Å². The van der Waals surface area contributed by atoms with Gasteiger partial charge in [-0.05, 0) is 45.3 Å². The van der Waals surface area contributed by atoms with E-state index in [-0.39, 0.29) is 5.65 Å². The molecule has 7 heteroatoms. The molecule has 1 fully saturated rings. The Kier molecular flexibility index (Phi) is 3.11. The number of pyridine rings is 1. The summed E-state index contributed by atoms with van der Waals surface area (Å²) in [6.45, 7) is 5.19. The van der Waals surface area contributed by atoms with Crippen molar-refractivity contribution in [3.05, 3.63) is 24.5 Å². The second-order valence-electron chi connectivity index (χ2n) is 6.23. The number of hydrogen-bond donors (Lipinski definition) is 0. The van der Waals surface area contributed by atoms with Crippen LogP contribution in [-0.2, 0) is 9.31 Å². The molecule has 0 aliphatic carbocycles. The van der Waals surface area contributed by atoms with Crippen LogP contribution in [0.3, 0.4) is 0 Å². The van der Waals surface area contributed by atoms with Crippen LogP contribution in [0.15, 0.2) is 24.5 Å². The van der Waals surface area contributed by atoms with Gasteiger partial charge < -0.3 is 9.31 Å². The van der Waals surface area contributed by atoms with Crippen LogP contribution in [0.1, 0.15) is 34.2 Å². The van der Waals surface area contributed by atoms with Gasteiger partial charge in [0.05, 0.1) is 11.2 Å². The molecule has 0 aromatic carbocycles. The van der Waals surface area contributed by atoms with Crippen LogP contribution in [-0.4, -0.2) is 27.9 Å². The zero-order valence-electron chi connectivity index (χ0n) is 12.4. The topological polar surface area (TPSA) is 36.3 Å². The minimum absolute atomic E-state index is 0.234. The first-order valence-electron chi connectivity index (χ1n) is 6.82. The first kappa shape index (κ1) is 14.5. The van der Waals surface area contributed by atoms with Crippen molar-refractivity contribution in [2.45, 2.75) is 45.4 Å². The van der Waals surface area contributed by atoms with Crippen LogP contribution >= 0.6 is 0 Å². The first-order chi connectivity index (χ1) is 9.73. The number of fused-ring (bicyclic) bond motifs is 1. The fraction of sp³-hybridized carbons (Fsp3) is 0.500. The predicted molar refractivity (Wildman–Crippen MR) is 76.7 cm³/mol. The molecule has 2 aromatic rings. The maximum absolute atomic E-state index is 12.9. The summed E-state index contributed by atoms with van der Waals surface area (Å²) >= 11 is 0. The lowest BCUT2D eigenvalue weighted by Gasteiger charge is -2.32. The summed E-state index contributed by atoms with van der Waals surface area (Å²) < 4.78 is 38.7. The fourth-order valence-corrected chi connectivity index (χ4v) is 2.41. The molecular weight excluding hydrogens is 277 g/mol. The van der Waals surface area contributed by atoms with E-state index in [4.69, 9.17) is 9.31 Å². The highest BCUT2D eigenvalue weighted by atomic mass is 19.3. The van der Waals surface area contributed by atoms with E-state index in [1.807, 2.05) is 27.7 Å². The highest BCUT2D eigenvalue weighted by Gasteiger charge is 2.52. The molecule has 2 aromatic heterocycles. The van der Waals surface area contributed by atoms with Gasteiger partial charge in [-0.25, -0.2) is 4.98 Å².